The summed E-state index contributed by atoms with van der Waals surface area (Å²) >= 11 is 4.21. The molecular weight excluding hydrogens is 394 g/mol. The van der Waals surface area contributed by atoms with Gasteiger partial charge in [0, 0.05) is 19.3 Å². The largest absolute Gasteiger partial charge is 0.466 e. The van der Waals surface area contributed by atoms with Gasteiger partial charge in [0.25, 0.3) is 5.56 Å². The number of thioether (sulfide) groups is 2. The number of esters is 1. The molecule has 0 aliphatic carbocycles. The fourth-order valence-electron chi connectivity index (χ4n) is 2.41. The minimum Gasteiger partial charge on any atom is -0.466 e. The lowest BCUT2D eigenvalue weighted by Crippen LogP contribution is -2.26. The highest BCUT2D eigenvalue weighted by Crippen LogP contribution is 2.29. The Morgan fingerprint density at radius 3 is 3.04 bits per heavy atom. The van der Waals surface area contributed by atoms with E-state index in [2.05, 4.69) is 9.72 Å². The highest BCUT2D eigenvalue weighted by atomic mass is 32.2. The Morgan fingerprint density at radius 2 is 2.27 bits per heavy atom. The number of methoxy groups -OCH3 is 1. The van der Waals surface area contributed by atoms with Crippen LogP contribution in [-0.4, -0.2) is 51.5 Å². The van der Waals surface area contributed by atoms with Gasteiger partial charge < -0.3 is 9.64 Å². The van der Waals surface area contributed by atoms with E-state index in [1.807, 2.05) is 11.4 Å². The molecule has 0 saturated carbocycles. The van der Waals surface area contributed by atoms with Gasteiger partial charge in [-0.3, -0.25) is 14.2 Å². The Bertz CT molecular complexity index is 934. The van der Waals surface area contributed by atoms with Crippen molar-refractivity contribution in [2.24, 2.45) is 7.05 Å². The summed E-state index contributed by atoms with van der Waals surface area (Å²) in [5.74, 6) is 0.557. The minimum atomic E-state index is -0.468. The molecule has 1 aliphatic rings. The third-order valence-corrected chi connectivity index (χ3v) is 6.79. The van der Waals surface area contributed by atoms with Crippen LogP contribution in [-0.2, 0) is 21.4 Å². The number of nitrogens with zero attached hydrogens (tertiary/aromatic N) is 3. The van der Waals surface area contributed by atoms with Crippen LogP contribution in [0.3, 0.4) is 0 Å². The summed E-state index contributed by atoms with van der Waals surface area (Å²) < 4.78 is 6.84. The van der Waals surface area contributed by atoms with Crippen molar-refractivity contribution in [3.05, 3.63) is 32.9 Å². The van der Waals surface area contributed by atoms with Gasteiger partial charge in [-0.1, -0.05) is 23.5 Å². The number of thiophene rings is 1. The van der Waals surface area contributed by atoms with Crippen LogP contribution in [0.25, 0.3) is 10.2 Å². The molecule has 1 aliphatic heterocycles. The highest BCUT2D eigenvalue weighted by molar-refractivity contribution is 8.04. The van der Waals surface area contributed by atoms with Crippen LogP contribution < -0.4 is 5.56 Å². The van der Waals surface area contributed by atoms with Crippen molar-refractivity contribution in [1.82, 2.24) is 14.5 Å². The first-order valence-electron chi connectivity index (χ1n) is 7.81. The lowest BCUT2D eigenvalue weighted by atomic mass is 10.4. The van der Waals surface area contributed by atoms with E-state index in [9.17, 15) is 14.4 Å². The molecule has 0 N–H and O–H groups in total. The monoisotopic (exact) mass is 411 g/mol. The number of carbonyl (C=O) groups is 2. The van der Waals surface area contributed by atoms with Crippen molar-refractivity contribution in [3.8, 4) is 0 Å². The van der Waals surface area contributed by atoms with Gasteiger partial charge >= 0.3 is 5.97 Å². The summed E-state index contributed by atoms with van der Waals surface area (Å²) in [6.07, 6.45) is 2.06. The van der Waals surface area contributed by atoms with Crippen molar-refractivity contribution >= 4 is 57.0 Å². The van der Waals surface area contributed by atoms with Crippen molar-refractivity contribution < 1.29 is 14.3 Å². The van der Waals surface area contributed by atoms with Crippen LogP contribution in [0.4, 0.5) is 0 Å². The molecule has 0 unspecified atom stereocenters. The molecule has 10 heteroatoms. The molecular formula is C16H17N3O4S3. The van der Waals surface area contributed by atoms with Crippen LogP contribution in [0.15, 0.2) is 32.5 Å². The molecule has 0 bridgehead atoms. The summed E-state index contributed by atoms with van der Waals surface area (Å²) in [6.45, 7) is 0.510. The van der Waals surface area contributed by atoms with E-state index in [1.165, 1.54) is 48.0 Å². The fourth-order valence-corrected chi connectivity index (χ4v) is 5.07. The molecule has 3 rings (SSSR count). The number of fused-ring (bicyclic) bond motifs is 1. The molecule has 2 aromatic rings. The molecule has 2 aromatic heterocycles. The van der Waals surface area contributed by atoms with Gasteiger partial charge in [-0.05, 0) is 17.9 Å². The second-order valence-electron chi connectivity index (χ2n) is 5.44. The smallest absolute Gasteiger partial charge is 0.333 e. The average molecular weight is 412 g/mol. The van der Waals surface area contributed by atoms with Gasteiger partial charge in [0.2, 0.25) is 5.91 Å². The molecule has 1 amide bonds. The molecule has 0 spiro atoms. The molecule has 0 aromatic carbocycles. The second-order valence-corrected chi connectivity index (χ2v) is 8.41. The van der Waals surface area contributed by atoms with Crippen molar-refractivity contribution in [2.75, 3.05) is 25.2 Å². The lowest BCUT2D eigenvalue weighted by molar-refractivity contribution is -0.134. The van der Waals surface area contributed by atoms with E-state index in [0.717, 1.165) is 5.52 Å². The highest BCUT2D eigenvalue weighted by Gasteiger charge is 2.26. The average Bonchev–Trinajstić information content (AvgIpc) is 3.23. The van der Waals surface area contributed by atoms with E-state index >= 15 is 0 Å². The quantitative estimate of drug-likeness (QED) is 0.237. The fraction of sp³-hybridized carbons (Fsp3) is 0.375. The first-order chi connectivity index (χ1) is 12.5. The summed E-state index contributed by atoms with van der Waals surface area (Å²) in [7, 11) is 3.03. The number of aromatic nitrogens is 2. The number of ether oxygens (including phenoxy) is 1. The number of rotatable bonds is 6. The zero-order valence-electron chi connectivity index (χ0n) is 14.3. The standard InChI is InChI=1S/C16H17N3O4S3/c1-18-15(22)14-10(4-7-24-14)17-16(18)25-6-3-5-19-11(20)9-26-12(19)8-13(21)23-2/h4,7-8H,3,5-6,9H2,1-2H3/b12-8+. The predicted octanol–water partition coefficient (Wildman–Crippen LogP) is 2.07. The van der Waals surface area contributed by atoms with E-state index in [-0.39, 0.29) is 11.5 Å². The Balaban J connectivity index is 1.61. The van der Waals surface area contributed by atoms with Crippen LogP contribution in [0.2, 0.25) is 0 Å². The molecule has 7 nitrogen and oxygen atoms in total. The Morgan fingerprint density at radius 1 is 1.46 bits per heavy atom. The van der Waals surface area contributed by atoms with Crippen molar-refractivity contribution in [2.45, 2.75) is 11.6 Å². The van der Waals surface area contributed by atoms with E-state index < -0.39 is 5.97 Å². The second kappa shape index (κ2) is 8.28. The number of carbonyl (C=O) groups excluding carboxylic acids is 2. The third-order valence-electron chi connectivity index (χ3n) is 3.76. The van der Waals surface area contributed by atoms with Crippen LogP contribution in [0, 0.1) is 0 Å². The van der Waals surface area contributed by atoms with E-state index in [0.29, 0.717) is 39.4 Å². The van der Waals surface area contributed by atoms with Gasteiger partial charge in [-0.15, -0.1) is 11.3 Å². The SMILES string of the molecule is COC(=O)/C=C1/SCC(=O)N1CCCSc1nc2ccsc2c(=O)n1C. The maximum Gasteiger partial charge on any atom is 0.333 e. The van der Waals surface area contributed by atoms with Gasteiger partial charge in [0.05, 0.1) is 29.5 Å². The minimum absolute atomic E-state index is 0.0135. The van der Waals surface area contributed by atoms with Crippen LogP contribution in [0.1, 0.15) is 6.42 Å². The van der Waals surface area contributed by atoms with Crippen molar-refractivity contribution in [1.29, 1.82) is 0 Å². The molecule has 1 fully saturated rings. The predicted molar refractivity (Wildman–Crippen MR) is 104 cm³/mol. The van der Waals surface area contributed by atoms with Crippen LogP contribution in [0.5, 0.6) is 0 Å². The zero-order chi connectivity index (χ0) is 18.7. The van der Waals surface area contributed by atoms with Gasteiger partial charge in [-0.2, -0.15) is 0 Å². The number of amides is 1. The normalized spacial score (nSPS) is 16.0. The molecule has 3 heterocycles. The third kappa shape index (κ3) is 3.97. The molecule has 0 radical (unpaired) electrons. The van der Waals surface area contributed by atoms with Crippen molar-refractivity contribution in [3.63, 3.8) is 0 Å². The summed E-state index contributed by atoms with van der Waals surface area (Å²) in [6, 6.07) is 1.84. The maximum atomic E-state index is 12.3. The molecule has 138 valence electrons. The molecule has 26 heavy (non-hydrogen) atoms. The number of hydrogen-bond donors (Lipinski definition) is 0. The van der Waals surface area contributed by atoms with Gasteiger partial charge in [0.15, 0.2) is 5.16 Å². The van der Waals surface area contributed by atoms with E-state index in [1.54, 1.807) is 16.5 Å². The Kier molecular flexibility index (Phi) is 6.05. The summed E-state index contributed by atoms with van der Waals surface area (Å²) in [5, 5.41) is 3.14. The van der Waals surface area contributed by atoms with Crippen LogP contribution >= 0.6 is 34.9 Å². The number of hydrogen-bond acceptors (Lipinski definition) is 8. The van der Waals surface area contributed by atoms with Gasteiger partial charge in [-0.25, -0.2) is 9.78 Å². The Hall–Kier alpha value is -1.78. The topological polar surface area (TPSA) is 81.5 Å². The maximum absolute atomic E-state index is 12.3. The summed E-state index contributed by atoms with van der Waals surface area (Å²) in [4.78, 5) is 41.8. The summed E-state index contributed by atoms with van der Waals surface area (Å²) in [5.41, 5.74) is 0.678. The van der Waals surface area contributed by atoms with Gasteiger partial charge in [0.1, 0.15) is 4.70 Å². The molecule has 1 saturated heterocycles. The zero-order valence-corrected chi connectivity index (χ0v) is 16.7. The van der Waals surface area contributed by atoms with E-state index in [4.69, 9.17) is 0 Å². The lowest BCUT2D eigenvalue weighted by Gasteiger charge is -2.16. The Labute approximate surface area is 162 Å². The first-order valence-corrected chi connectivity index (χ1v) is 10.7. The molecule has 0 atom stereocenters. The first kappa shape index (κ1) is 19.0.